The Kier molecular flexibility index (Phi) is 3.50. The number of hydrogen-bond acceptors (Lipinski definition) is 1. The lowest BCUT2D eigenvalue weighted by Gasteiger charge is -2.05. The van der Waals surface area contributed by atoms with Gasteiger partial charge in [-0.3, -0.25) is 4.79 Å². The first-order valence-corrected chi connectivity index (χ1v) is 4.49. The molecule has 1 aliphatic rings. The van der Waals surface area contributed by atoms with Gasteiger partial charge >= 0.3 is 0 Å². The molecule has 1 rings (SSSR count). The van der Waals surface area contributed by atoms with E-state index in [1.54, 1.807) is 6.20 Å². The van der Waals surface area contributed by atoms with Gasteiger partial charge in [0, 0.05) is 14.0 Å². The summed E-state index contributed by atoms with van der Waals surface area (Å²) in [5, 5.41) is 2.69. The van der Waals surface area contributed by atoms with E-state index in [0.29, 0.717) is 6.42 Å². The summed E-state index contributed by atoms with van der Waals surface area (Å²) in [6, 6.07) is 0. The smallest absolute Gasteiger partial charge is 0.224 e. The Morgan fingerprint density at radius 1 is 1.31 bits per heavy atom. The summed E-state index contributed by atoms with van der Waals surface area (Å²) >= 11 is 0. The normalized spacial score (nSPS) is 29.2. The summed E-state index contributed by atoms with van der Waals surface area (Å²) in [5.74, 6) is 0.0821. The van der Waals surface area contributed by atoms with Crippen molar-refractivity contribution in [1.82, 2.24) is 5.32 Å². The largest absolute Gasteiger partial charge is 0.333 e. The van der Waals surface area contributed by atoms with Crippen LogP contribution < -0.4 is 5.32 Å². The quantitative estimate of drug-likeness (QED) is 0.608. The summed E-state index contributed by atoms with van der Waals surface area (Å²) in [7, 11) is 0. The second kappa shape index (κ2) is 4.65. The Morgan fingerprint density at radius 3 is 2.85 bits per heavy atom. The molecular weight excluding hydrogens is 162 g/mol. The number of carbonyl (C=O) groups excluding carboxylic acids is 1. The lowest BCUT2D eigenvalue weighted by atomic mass is 10.1. The standard InChI is InChI=1S/C11H15NO.H2/c1-9-5-3-4-8-12-11(13)7-6-10(9)2;/h3-5,8H,6-7H2,1-2H3,(H,12,13);1H/b5-3-,8-4+,10-9+;. The maximum atomic E-state index is 11.1. The van der Waals surface area contributed by atoms with E-state index >= 15 is 0 Å². The second-order valence-corrected chi connectivity index (χ2v) is 3.25. The Hall–Kier alpha value is -1.31. The van der Waals surface area contributed by atoms with E-state index in [1.165, 1.54) is 11.1 Å². The first-order chi connectivity index (χ1) is 6.20. The van der Waals surface area contributed by atoms with E-state index in [1.807, 2.05) is 12.2 Å². The van der Waals surface area contributed by atoms with Crippen LogP contribution in [0, 0.1) is 0 Å². The minimum absolute atomic E-state index is 0. The lowest BCUT2D eigenvalue weighted by Crippen LogP contribution is -2.16. The van der Waals surface area contributed by atoms with Crippen molar-refractivity contribution in [2.45, 2.75) is 26.7 Å². The molecule has 1 aliphatic heterocycles. The van der Waals surface area contributed by atoms with E-state index < -0.39 is 0 Å². The monoisotopic (exact) mass is 179 g/mol. The van der Waals surface area contributed by atoms with Crippen molar-refractivity contribution in [3.63, 3.8) is 0 Å². The molecule has 0 bridgehead atoms. The van der Waals surface area contributed by atoms with E-state index in [9.17, 15) is 4.79 Å². The van der Waals surface area contributed by atoms with Crippen LogP contribution in [0.4, 0.5) is 0 Å². The van der Waals surface area contributed by atoms with Crippen molar-refractivity contribution in [3.05, 3.63) is 35.6 Å². The van der Waals surface area contributed by atoms with Gasteiger partial charge in [0.25, 0.3) is 0 Å². The van der Waals surface area contributed by atoms with E-state index in [-0.39, 0.29) is 7.33 Å². The fourth-order valence-electron chi connectivity index (χ4n) is 1.11. The predicted octanol–water partition coefficient (Wildman–Crippen LogP) is 2.55. The van der Waals surface area contributed by atoms with Gasteiger partial charge in [0.1, 0.15) is 0 Å². The molecule has 0 aliphatic carbocycles. The third-order valence-corrected chi connectivity index (χ3v) is 2.20. The molecule has 1 heterocycles. The molecule has 0 radical (unpaired) electrons. The topological polar surface area (TPSA) is 29.1 Å². The van der Waals surface area contributed by atoms with Gasteiger partial charge in [0.15, 0.2) is 0 Å². The Bertz CT molecular complexity index is 290. The maximum absolute atomic E-state index is 11.1. The summed E-state index contributed by atoms with van der Waals surface area (Å²) in [5.41, 5.74) is 2.53. The number of nitrogens with one attached hydrogen (secondary N) is 1. The molecule has 0 unspecified atom stereocenters. The Labute approximate surface area is 80.5 Å². The van der Waals surface area contributed by atoms with Crippen molar-refractivity contribution in [3.8, 4) is 0 Å². The van der Waals surface area contributed by atoms with E-state index in [2.05, 4.69) is 25.2 Å². The molecule has 0 saturated heterocycles. The molecule has 2 heteroatoms. The van der Waals surface area contributed by atoms with E-state index in [0.717, 1.165) is 6.42 Å². The molecule has 0 aromatic heterocycles. The minimum atomic E-state index is 0. The van der Waals surface area contributed by atoms with Crippen LogP contribution in [-0.2, 0) is 4.79 Å². The summed E-state index contributed by atoms with van der Waals surface area (Å²) in [6.07, 6.45) is 8.91. The van der Waals surface area contributed by atoms with Gasteiger partial charge in [0.2, 0.25) is 5.91 Å². The first kappa shape index (κ1) is 9.78. The van der Waals surface area contributed by atoms with Gasteiger partial charge < -0.3 is 5.32 Å². The first-order valence-electron chi connectivity index (χ1n) is 4.49. The summed E-state index contributed by atoms with van der Waals surface area (Å²) in [4.78, 5) is 11.1. The predicted molar refractivity (Wildman–Crippen MR) is 56.1 cm³/mol. The van der Waals surface area contributed by atoms with Gasteiger partial charge in [-0.05, 0) is 26.3 Å². The molecule has 0 aromatic carbocycles. The van der Waals surface area contributed by atoms with Crippen molar-refractivity contribution >= 4 is 5.91 Å². The highest BCUT2D eigenvalue weighted by molar-refractivity contribution is 5.77. The number of amides is 1. The second-order valence-electron chi connectivity index (χ2n) is 3.25. The number of hydrogen-bond donors (Lipinski definition) is 1. The lowest BCUT2D eigenvalue weighted by molar-refractivity contribution is -0.120. The van der Waals surface area contributed by atoms with Crippen molar-refractivity contribution in [1.29, 1.82) is 0 Å². The van der Waals surface area contributed by atoms with Gasteiger partial charge in [-0.1, -0.05) is 23.3 Å². The van der Waals surface area contributed by atoms with Gasteiger partial charge in [-0.2, -0.15) is 0 Å². The fraction of sp³-hybridized carbons (Fsp3) is 0.364. The molecule has 0 atom stereocenters. The number of allylic oxidation sites excluding steroid dienone is 5. The van der Waals surface area contributed by atoms with Gasteiger partial charge in [-0.15, -0.1) is 0 Å². The molecule has 1 N–H and O–H groups in total. The summed E-state index contributed by atoms with van der Waals surface area (Å²) in [6.45, 7) is 4.14. The zero-order valence-corrected chi connectivity index (χ0v) is 8.13. The van der Waals surface area contributed by atoms with Crippen LogP contribution in [0.15, 0.2) is 35.6 Å². The highest BCUT2D eigenvalue weighted by atomic mass is 16.1. The van der Waals surface area contributed by atoms with Crippen LogP contribution >= 0.6 is 0 Å². The van der Waals surface area contributed by atoms with Crippen LogP contribution in [-0.4, -0.2) is 5.91 Å². The summed E-state index contributed by atoms with van der Waals surface area (Å²) < 4.78 is 0. The molecule has 2 nitrogen and oxygen atoms in total. The van der Waals surface area contributed by atoms with Gasteiger partial charge in [0.05, 0.1) is 0 Å². The highest BCUT2D eigenvalue weighted by Gasteiger charge is 2.01. The van der Waals surface area contributed by atoms with Crippen molar-refractivity contribution < 1.29 is 6.22 Å². The van der Waals surface area contributed by atoms with Gasteiger partial charge in [-0.25, -0.2) is 0 Å². The SMILES string of the molecule is CC1=C(/C)CCC(=O)N/C=C/C=C\1.[HH]. The van der Waals surface area contributed by atoms with Crippen molar-refractivity contribution in [2.24, 2.45) is 0 Å². The molecule has 0 fully saturated rings. The zero-order valence-electron chi connectivity index (χ0n) is 8.13. The molecule has 13 heavy (non-hydrogen) atoms. The van der Waals surface area contributed by atoms with Crippen LogP contribution in [0.5, 0.6) is 0 Å². The maximum Gasteiger partial charge on any atom is 0.224 e. The third-order valence-electron chi connectivity index (χ3n) is 2.20. The van der Waals surface area contributed by atoms with Crippen molar-refractivity contribution in [2.75, 3.05) is 0 Å². The minimum Gasteiger partial charge on any atom is -0.333 e. The van der Waals surface area contributed by atoms with Crippen LogP contribution in [0.25, 0.3) is 0 Å². The molecule has 1 amide bonds. The average Bonchev–Trinajstić information content (AvgIpc) is 2.12. The molecule has 0 aromatic rings. The Morgan fingerprint density at radius 2 is 2.08 bits per heavy atom. The third kappa shape index (κ3) is 3.28. The Balaban J connectivity index is 0.00000169. The zero-order chi connectivity index (χ0) is 9.68. The number of carbonyl (C=O) groups is 1. The molecule has 0 saturated carbocycles. The van der Waals surface area contributed by atoms with E-state index in [4.69, 9.17) is 0 Å². The van der Waals surface area contributed by atoms with Crippen LogP contribution in [0.1, 0.15) is 28.1 Å². The molecular formula is C11H17NO. The highest BCUT2D eigenvalue weighted by Crippen LogP contribution is 2.11. The molecule has 0 spiro atoms. The average molecular weight is 179 g/mol. The number of rotatable bonds is 0. The molecule has 72 valence electrons. The van der Waals surface area contributed by atoms with Crippen LogP contribution in [0.2, 0.25) is 0 Å². The fourth-order valence-corrected chi connectivity index (χ4v) is 1.11. The van der Waals surface area contributed by atoms with Crippen LogP contribution in [0.3, 0.4) is 0 Å².